The normalized spacial score (nSPS) is 11.3. The van der Waals surface area contributed by atoms with Crippen LogP contribution in [0.1, 0.15) is 22.4 Å². The summed E-state index contributed by atoms with van der Waals surface area (Å²) < 4.78 is 2.26. The molecule has 3 heteroatoms. The molecule has 0 atom stereocenters. The van der Waals surface area contributed by atoms with E-state index in [0.29, 0.717) is 0 Å². The van der Waals surface area contributed by atoms with Crippen LogP contribution < -0.4 is 0 Å². The largest absolute Gasteiger partial charge is 0.339 e. The minimum Gasteiger partial charge on any atom is -0.339 e. The van der Waals surface area contributed by atoms with E-state index in [0.717, 1.165) is 16.7 Å². The number of benzene rings is 4. The van der Waals surface area contributed by atoms with Crippen LogP contribution in [-0.4, -0.2) is 9.38 Å². The molecule has 2 nitrogen and oxygen atoms in total. The van der Waals surface area contributed by atoms with Gasteiger partial charge in [0.25, 0.3) is 0 Å². The van der Waals surface area contributed by atoms with E-state index in [1.807, 2.05) is 6.07 Å². The molecule has 169 valence electrons. The number of rotatable bonds is 2. The van der Waals surface area contributed by atoms with Crippen LogP contribution in [0.4, 0.5) is 0 Å². The van der Waals surface area contributed by atoms with E-state index in [9.17, 15) is 0 Å². The number of nitrogens with zero attached hydrogens (tertiary/aromatic N) is 2. The maximum atomic E-state index is 4.96. The molecular weight excluding hydrogens is 593 g/mol. The van der Waals surface area contributed by atoms with Crippen LogP contribution in [0.5, 0.6) is 0 Å². The fraction of sp³-hybridized carbons (Fsp3) is 0.129. The average molecular weight is 618 g/mol. The van der Waals surface area contributed by atoms with E-state index in [4.69, 9.17) is 4.98 Å². The van der Waals surface area contributed by atoms with Gasteiger partial charge in [-0.1, -0.05) is 76.5 Å². The van der Waals surface area contributed by atoms with Crippen LogP contribution in [0, 0.1) is 33.8 Å². The number of imidazole rings is 1. The molecule has 6 rings (SSSR count). The van der Waals surface area contributed by atoms with Crippen molar-refractivity contribution in [3.8, 4) is 22.3 Å². The molecule has 0 saturated carbocycles. The molecule has 6 aromatic rings. The zero-order chi connectivity index (χ0) is 22.7. The molecule has 0 aliphatic rings. The first-order valence-electron chi connectivity index (χ1n) is 11.4. The monoisotopic (exact) mass is 618 g/mol. The predicted molar refractivity (Wildman–Crippen MR) is 139 cm³/mol. The smallest absolute Gasteiger partial charge is 0.0612 e. The Labute approximate surface area is 213 Å². The third-order valence-electron chi connectivity index (χ3n) is 6.65. The van der Waals surface area contributed by atoms with E-state index >= 15 is 0 Å². The van der Waals surface area contributed by atoms with Gasteiger partial charge in [0, 0.05) is 43.1 Å². The molecule has 34 heavy (non-hydrogen) atoms. The Morgan fingerprint density at radius 3 is 2.26 bits per heavy atom. The van der Waals surface area contributed by atoms with Gasteiger partial charge < -0.3 is 4.40 Å². The summed E-state index contributed by atoms with van der Waals surface area (Å²) in [5.41, 5.74) is 12.0. The molecule has 1 radical (unpaired) electrons. The molecular formula is C31H25IrN2-. The Kier molecular flexibility index (Phi) is 5.64. The molecule has 0 saturated heterocycles. The fourth-order valence-corrected chi connectivity index (χ4v) is 5.31. The van der Waals surface area contributed by atoms with Gasteiger partial charge in [0.05, 0.1) is 5.65 Å². The van der Waals surface area contributed by atoms with E-state index in [1.165, 1.54) is 55.2 Å². The summed E-state index contributed by atoms with van der Waals surface area (Å²) in [5, 5.41) is 3.53. The van der Waals surface area contributed by atoms with Crippen molar-refractivity contribution in [1.29, 1.82) is 0 Å². The van der Waals surface area contributed by atoms with Gasteiger partial charge in [0.15, 0.2) is 0 Å². The van der Waals surface area contributed by atoms with Crippen molar-refractivity contribution in [2.24, 2.45) is 0 Å². The van der Waals surface area contributed by atoms with E-state index in [1.54, 1.807) is 0 Å². The molecule has 0 N–H and O–H groups in total. The van der Waals surface area contributed by atoms with Crippen molar-refractivity contribution in [2.75, 3.05) is 0 Å². The van der Waals surface area contributed by atoms with Crippen LogP contribution in [0.15, 0.2) is 79.0 Å². The van der Waals surface area contributed by atoms with Crippen LogP contribution in [0.3, 0.4) is 0 Å². The summed E-state index contributed by atoms with van der Waals surface area (Å²) >= 11 is 0. The number of hydrogen-bond donors (Lipinski definition) is 0. The Morgan fingerprint density at radius 2 is 1.53 bits per heavy atom. The zero-order valence-electron chi connectivity index (χ0n) is 19.7. The number of aromatic nitrogens is 2. The maximum absolute atomic E-state index is 4.96. The minimum atomic E-state index is 0. The van der Waals surface area contributed by atoms with E-state index < -0.39 is 0 Å². The van der Waals surface area contributed by atoms with Crippen LogP contribution >= 0.6 is 0 Å². The Bertz CT molecular complexity index is 1670. The molecule has 4 aromatic carbocycles. The molecule has 0 bridgehead atoms. The molecule has 0 fully saturated rings. The number of fused-ring (bicyclic) bond motifs is 6. The van der Waals surface area contributed by atoms with Crippen molar-refractivity contribution >= 4 is 27.3 Å². The third kappa shape index (κ3) is 3.39. The molecule has 0 amide bonds. The van der Waals surface area contributed by atoms with Crippen molar-refractivity contribution in [2.45, 2.75) is 27.7 Å². The Hall–Kier alpha value is -3.26. The minimum absolute atomic E-state index is 0. The van der Waals surface area contributed by atoms with Gasteiger partial charge in [-0.3, -0.25) is 4.98 Å². The first-order chi connectivity index (χ1) is 16.0. The SMILES string of the molecule is Cc1cc(-c2ccccc2)c2c(c1)c1c(-c3c(C)cccc3C)cc[c-]c1c1nc(C)cn12.[Ir]. The van der Waals surface area contributed by atoms with Gasteiger partial charge >= 0.3 is 0 Å². The van der Waals surface area contributed by atoms with Crippen molar-refractivity contribution < 1.29 is 20.1 Å². The quantitative estimate of drug-likeness (QED) is 0.142. The second-order valence-electron chi connectivity index (χ2n) is 9.06. The van der Waals surface area contributed by atoms with E-state index in [-0.39, 0.29) is 20.1 Å². The van der Waals surface area contributed by atoms with E-state index in [2.05, 4.69) is 111 Å². The Balaban J connectivity index is 0.00000241. The first-order valence-corrected chi connectivity index (χ1v) is 11.4. The van der Waals surface area contributed by atoms with Crippen LogP contribution in [0.2, 0.25) is 0 Å². The summed E-state index contributed by atoms with van der Waals surface area (Å²) in [6, 6.07) is 29.6. The molecule has 0 unspecified atom stereocenters. The summed E-state index contributed by atoms with van der Waals surface area (Å²) in [5.74, 6) is 0. The van der Waals surface area contributed by atoms with Crippen molar-refractivity contribution in [3.05, 3.63) is 107 Å². The predicted octanol–water partition coefficient (Wildman–Crippen LogP) is 8.01. The van der Waals surface area contributed by atoms with Gasteiger partial charge in [-0.15, -0.1) is 18.2 Å². The summed E-state index contributed by atoms with van der Waals surface area (Å²) in [4.78, 5) is 4.96. The first kappa shape index (κ1) is 22.5. The number of aryl methyl sites for hydroxylation is 4. The molecule has 2 aromatic heterocycles. The summed E-state index contributed by atoms with van der Waals surface area (Å²) in [6.07, 6.45) is 2.15. The van der Waals surface area contributed by atoms with Gasteiger partial charge in [0.1, 0.15) is 0 Å². The summed E-state index contributed by atoms with van der Waals surface area (Å²) in [7, 11) is 0. The number of hydrogen-bond acceptors (Lipinski definition) is 1. The van der Waals surface area contributed by atoms with Crippen LogP contribution in [-0.2, 0) is 20.1 Å². The Morgan fingerprint density at radius 1 is 0.794 bits per heavy atom. The molecule has 0 spiro atoms. The molecule has 0 aliphatic heterocycles. The third-order valence-corrected chi connectivity index (χ3v) is 6.65. The summed E-state index contributed by atoms with van der Waals surface area (Å²) in [6.45, 7) is 8.65. The number of pyridine rings is 1. The van der Waals surface area contributed by atoms with Gasteiger partial charge in [0.2, 0.25) is 0 Å². The zero-order valence-corrected chi connectivity index (χ0v) is 22.1. The average Bonchev–Trinajstić information content (AvgIpc) is 3.20. The van der Waals surface area contributed by atoms with Crippen LogP contribution in [0.25, 0.3) is 49.6 Å². The van der Waals surface area contributed by atoms with Gasteiger partial charge in [-0.2, -0.15) is 0 Å². The molecule has 2 heterocycles. The second kappa shape index (κ2) is 8.51. The fourth-order valence-electron chi connectivity index (χ4n) is 5.31. The van der Waals surface area contributed by atoms with Gasteiger partial charge in [-0.25, -0.2) is 0 Å². The standard InChI is InChI=1S/C31H25N2.Ir/c1-19-16-26(23-12-6-5-7-13-23)30-27(17-19)29-24(28-20(2)10-8-11-21(28)3)14-9-15-25(29)31-32-22(4)18-33(30)31;/h5-14,16-18H,1-4H3;/q-1;. The topological polar surface area (TPSA) is 17.3 Å². The maximum Gasteiger partial charge on any atom is 0.0612 e. The van der Waals surface area contributed by atoms with Crippen molar-refractivity contribution in [3.63, 3.8) is 0 Å². The van der Waals surface area contributed by atoms with Gasteiger partial charge in [-0.05, 0) is 61.4 Å². The molecule has 0 aliphatic carbocycles. The second-order valence-corrected chi connectivity index (χ2v) is 9.06. The van der Waals surface area contributed by atoms with Crippen molar-refractivity contribution in [1.82, 2.24) is 9.38 Å².